The molecule has 0 unspecified atom stereocenters. The molecule has 15 heavy (non-hydrogen) atoms. The second-order valence-corrected chi connectivity index (χ2v) is 4.87. The zero-order chi connectivity index (χ0) is 11.5. The van der Waals surface area contributed by atoms with Gasteiger partial charge in [0.1, 0.15) is 11.4 Å². The summed E-state index contributed by atoms with van der Waals surface area (Å²) in [6, 6.07) is 5.38. The highest BCUT2D eigenvalue weighted by Gasteiger charge is 2.17. The Balaban J connectivity index is 2.89. The molecule has 0 aliphatic heterocycles. The van der Waals surface area contributed by atoms with E-state index in [9.17, 15) is 4.79 Å². The van der Waals surface area contributed by atoms with Crippen LogP contribution in [0.25, 0.3) is 0 Å². The van der Waals surface area contributed by atoms with E-state index in [4.69, 9.17) is 4.74 Å². The van der Waals surface area contributed by atoms with Gasteiger partial charge in [0.05, 0.1) is 0 Å². The molecule has 0 bridgehead atoms. The zero-order valence-corrected chi connectivity index (χ0v) is 10.8. The molecule has 82 valence electrons. The second-order valence-electron chi connectivity index (χ2n) is 4.02. The fourth-order valence-electron chi connectivity index (χ4n) is 1.06. The van der Waals surface area contributed by atoms with E-state index in [1.807, 2.05) is 26.0 Å². The summed E-state index contributed by atoms with van der Waals surface area (Å²) in [6.45, 7) is 6.15. The van der Waals surface area contributed by atoms with Crippen LogP contribution in [0.2, 0.25) is 0 Å². The molecule has 0 amide bonds. The number of benzene rings is 1. The smallest absolute Gasteiger partial charge is 0.151 e. The van der Waals surface area contributed by atoms with Gasteiger partial charge in [0, 0.05) is 10.0 Å². The minimum Gasteiger partial charge on any atom is -0.488 e. The van der Waals surface area contributed by atoms with Gasteiger partial charge in [-0.15, -0.1) is 0 Å². The van der Waals surface area contributed by atoms with Crippen molar-refractivity contribution in [3.05, 3.63) is 28.2 Å². The molecular weight excluding hydrogens is 256 g/mol. The standard InChI is InChI=1S/C12H15BrO2/c1-4-12(2,3)15-10-6-5-9(8-14)11(13)7-10/h5-8H,4H2,1-3H3. The van der Waals surface area contributed by atoms with E-state index in [1.165, 1.54) is 0 Å². The topological polar surface area (TPSA) is 26.3 Å². The summed E-state index contributed by atoms with van der Waals surface area (Å²) in [5, 5.41) is 0. The maximum atomic E-state index is 10.6. The Kier molecular flexibility index (Phi) is 3.91. The third-order valence-corrected chi connectivity index (χ3v) is 3.03. The highest BCUT2D eigenvalue weighted by Crippen LogP contribution is 2.26. The molecule has 0 heterocycles. The van der Waals surface area contributed by atoms with E-state index < -0.39 is 0 Å². The van der Waals surface area contributed by atoms with E-state index in [-0.39, 0.29) is 5.60 Å². The molecule has 0 saturated carbocycles. The number of carbonyl (C=O) groups excluding carboxylic acids is 1. The quantitative estimate of drug-likeness (QED) is 0.778. The van der Waals surface area contributed by atoms with Crippen LogP contribution < -0.4 is 4.74 Å². The molecule has 2 nitrogen and oxygen atoms in total. The summed E-state index contributed by atoms with van der Waals surface area (Å²) in [5.74, 6) is 0.777. The largest absolute Gasteiger partial charge is 0.488 e. The molecule has 0 radical (unpaired) electrons. The highest BCUT2D eigenvalue weighted by molar-refractivity contribution is 9.10. The summed E-state index contributed by atoms with van der Waals surface area (Å²) < 4.78 is 6.55. The van der Waals surface area contributed by atoms with E-state index in [0.29, 0.717) is 5.56 Å². The van der Waals surface area contributed by atoms with Crippen molar-refractivity contribution in [2.45, 2.75) is 32.8 Å². The monoisotopic (exact) mass is 270 g/mol. The van der Waals surface area contributed by atoms with E-state index in [1.54, 1.807) is 6.07 Å². The first kappa shape index (κ1) is 12.2. The van der Waals surface area contributed by atoms with Crippen LogP contribution >= 0.6 is 15.9 Å². The average molecular weight is 271 g/mol. The van der Waals surface area contributed by atoms with Crippen molar-refractivity contribution < 1.29 is 9.53 Å². The molecule has 1 aromatic rings. The van der Waals surface area contributed by atoms with Gasteiger partial charge < -0.3 is 4.74 Å². The van der Waals surface area contributed by atoms with Gasteiger partial charge in [0.25, 0.3) is 0 Å². The average Bonchev–Trinajstić information content (AvgIpc) is 2.17. The van der Waals surface area contributed by atoms with Crippen LogP contribution in [0.4, 0.5) is 0 Å². The molecular formula is C12H15BrO2. The van der Waals surface area contributed by atoms with Gasteiger partial charge in [0.2, 0.25) is 0 Å². The van der Waals surface area contributed by atoms with Gasteiger partial charge in [-0.25, -0.2) is 0 Å². The van der Waals surface area contributed by atoms with Crippen molar-refractivity contribution in [1.29, 1.82) is 0 Å². The molecule has 0 aliphatic rings. The van der Waals surface area contributed by atoms with Gasteiger partial charge in [-0.05, 0) is 54.4 Å². The number of rotatable bonds is 4. The normalized spacial score (nSPS) is 11.2. The molecule has 0 fully saturated rings. The Morgan fingerprint density at radius 2 is 2.13 bits per heavy atom. The van der Waals surface area contributed by atoms with Crippen LogP contribution in [0.5, 0.6) is 5.75 Å². The Bertz CT molecular complexity index is 359. The fourth-order valence-corrected chi connectivity index (χ4v) is 1.51. The number of hydrogen-bond acceptors (Lipinski definition) is 2. The lowest BCUT2D eigenvalue weighted by molar-refractivity contribution is 0.105. The van der Waals surface area contributed by atoms with Crippen molar-refractivity contribution >= 4 is 22.2 Å². The van der Waals surface area contributed by atoms with Crippen LogP contribution in [-0.2, 0) is 0 Å². The predicted octanol–water partition coefficient (Wildman–Crippen LogP) is 3.83. The second kappa shape index (κ2) is 4.79. The molecule has 1 rings (SSSR count). The summed E-state index contributed by atoms with van der Waals surface area (Å²) in [5.41, 5.74) is 0.457. The third kappa shape index (κ3) is 3.34. The maximum Gasteiger partial charge on any atom is 0.151 e. The summed E-state index contributed by atoms with van der Waals surface area (Å²) in [6.07, 6.45) is 1.75. The first-order valence-corrected chi connectivity index (χ1v) is 5.71. The Labute approximate surface area is 98.8 Å². The van der Waals surface area contributed by atoms with Crippen LogP contribution in [0.3, 0.4) is 0 Å². The zero-order valence-electron chi connectivity index (χ0n) is 9.21. The van der Waals surface area contributed by atoms with Crippen molar-refractivity contribution in [3.8, 4) is 5.75 Å². The molecule has 0 saturated heterocycles. The van der Waals surface area contributed by atoms with Crippen molar-refractivity contribution in [3.63, 3.8) is 0 Å². The van der Waals surface area contributed by atoms with Crippen LogP contribution in [0, 0.1) is 0 Å². The third-order valence-electron chi connectivity index (χ3n) is 2.34. The minimum absolute atomic E-state index is 0.178. The lowest BCUT2D eigenvalue weighted by Gasteiger charge is -2.25. The Hall–Kier alpha value is -0.830. The van der Waals surface area contributed by atoms with Gasteiger partial charge in [-0.2, -0.15) is 0 Å². The number of carbonyl (C=O) groups is 1. The Morgan fingerprint density at radius 1 is 1.47 bits per heavy atom. The van der Waals surface area contributed by atoms with Gasteiger partial charge in [0.15, 0.2) is 6.29 Å². The number of aldehydes is 1. The number of halogens is 1. The molecule has 0 spiro atoms. The number of ether oxygens (including phenoxy) is 1. The predicted molar refractivity (Wildman–Crippen MR) is 64.5 cm³/mol. The summed E-state index contributed by atoms with van der Waals surface area (Å²) in [4.78, 5) is 10.6. The fraction of sp³-hybridized carbons (Fsp3) is 0.417. The first-order valence-electron chi connectivity index (χ1n) is 4.92. The van der Waals surface area contributed by atoms with Crippen LogP contribution in [-0.4, -0.2) is 11.9 Å². The SMILES string of the molecule is CCC(C)(C)Oc1ccc(C=O)c(Br)c1. The molecule has 0 aliphatic carbocycles. The number of hydrogen-bond donors (Lipinski definition) is 0. The molecule has 3 heteroatoms. The Morgan fingerprint density at radius 3 is 2.60 bits per heavy atom. The van der Waals surface area contributed by atoms with Crippen molar-refractivity contribution in [2.24, 2.45) is 0 Å². The van der Waals surface area contributed by atoms with Crippen molar-refractivity contribution in [2.75, 3.05) is 0 Å². The lowest BCUT2D eigenvalue weighted by Crippen LogP contribution is -2.26. The minimum atomic E-state index is -0.178. The van der Waals surface area contributed by atoms with Crippen molar-refractivity contribution in [1.82, 2.24) is 0 Å². The highest BCUT2D eigenvalue weighted by atomic mass is 79.9. The molecule has 0 atom stereocenters. The molecule has 1 aromatic carbocycles. The summed E-state index contributed by atoms with van der Waals surface area (Å²) >= 11 is 3.33. The lowest BCUT2D eigenvalue weighted by atomic mass is 10.1. The maximum absolute atomic E-state index is 10.6. The molecule has 0 N–H and O–H groups in total. The van der Waals surface area contributed by atoms with E-state index in [2.05, 4.69) is 22.9 Å². The molecule has 0 aromatic heterocycles. The van der Waals surface area contributed by atoms with E-state index >= 15 is 0 Å². The van der Waals surface area contributed by atoms with E-state index in [0.717, 1.165) is 22.9 Å². The van der Waals surface area contributed by atoms with Gasteiger partial charge >= 0.3 is 0 Å². The van der Waals surface area contributed by atoms with Crippen LogP contribution in [0.1, 0.15) is 37.6 Å². The van der Waals surface area contributed by atoms with Gasteiger partial charge in [-0.1, -0.05) is 6.92 Å². The first-order chi connectivity index (χ1) is 6.98. The van der Waals surface area contributed by atoms with Gasteiger partial charge in [-0.3, -0.25) is 4.79 Å². The summed E-state index contributed by atoms with van der Waals surface area (Å²) in [7, 11) is 0. The van der Waals surface area contributed by atoms with Crippen LogP contribution in [0.15, 0.2) is 22.7 Å².